The molecule has 0 aliphatic rings. The molecule has 178 valence electrons. The van der Waals surface area contributed by atoms with Crippen molar-refractivity contribution in [2.75, 3.05) is 13.2 Å². The van der Waals surface area contributed by atoms with Crippen molar-refractivity contribution in [3.05, 3.63) is 6.65 Å². The predicted octanol–water partition coefficient (Wildman–Crippen LogP) is -8.20. The Balaban J connectivity index is -0.000000111. The molecule has 0 fully saturated rings. The van der Waals surface area contributed by atoms with Crippen molar-refractivity contribution in [2.24, 2.45) is 0 Å². The minimum absolute atomic E-state index is 0. The molecule has 0 aromatic rings. The van der Waals surface area contributed by atoms with E-state index in [9.17, 15) is 9.59 Å². The number of rotatable bonds is 10. The third kappa shape index (κ3) is 18.1. The molecule has 0 aromatic carbocycles. The van der Waals surface area contributed by atoms with Crippen LogP contribution in [0.2, 0.25) is 0 Å². The molecular formula is C14H26O16. The molecule has 8 atom stereocenters. The van der Waals surface area contributed by atoms with E-state index in [1.165, 1.54) is 0 Å². The van der Waals surface area contributed by atoms with E-state index in [0.29, 0.717) is 0 Å². The van der Waals surface area contributed by atoms with Gasteiger partial charge in [-0.15, -0.1) is 0 Å². The van der Waals surface area contributed by atoms with Crippen molar-refractivity contribution in [3.63, 3.8) is 0 Å². The fraction of sp³-hybridized carbons (Fsp3) is 0.714. The van der Waals surface area contributed by atoms with Crippen molar-refractivity contribution in [2.45, 2.75) is 48.8 Å². The van der Waals surface area contributed by atoms with Crippen LogP contribution in [-0.2, 0) is 23.8 Å². The fourth-order valence-corrected chi connectivity index (χ4v) is 1.24. The molecule has 0 amide bonds. The summed E-state index contributed by atoms with van der Waals surface area (Å²) < 4.78 is 7.50. The maximum atomic E-state index is 9.90. The third-order valence-corrected chi connectivity index (χ3v) is 2.84. The molecule has 0 spiro atoms. The average Bonchev–Trinajstić information content (AvgIpc) is 2.76. The first kappa shape index (κ1) is 38.6. The molecule has 0 heterocycles. The minimum atomic E-state index is -1.79. The first-order valence-electron chi connectivity index (χ1n) is 7.26. The molecule has 0 aromatic heterocycles. The van der Waals surface area contributed by atoms with Crippen LogP contribution in [0.5, 0.6) is 0 Å². The van der Waals surface area contributed by atoms with Gasteiger partial charge in [-0.05, 0) is 0 Å². The zero-order valence-electron chi connectivity index (χ0n) is 15.2. The molecule has 0 rings (SSSR count). The summed E-state index contributed by atoms with van der Waals surface area (Å²) in [6.07, 6.45) is -13.4. The van der Waals surface area contributed by atoms with Gasteiger partial charge in [0.05, 0.1) is 13.2 Å². The van der Waals surface area contributed by atoms with Crippen molar-refractivity contribution < 1.29 is 80.4 Å². The number of carbonyl (C=O) groups excluding carboxylic acids is 4. The zero-order chi connectivity index (χ0) is 24.2. The summed E-state index contributed by atoms with van der Waals surface area (Å²) >= 11 is 0. The van der Waals surface area contributed by atoms with Gasteiger partial charge in [-0.1, -0.05) is 0 Å². The summed E-state index contributed by atoms with van der Waals surface area (Å²) in [7, 11) is 0. The number of aldehydes is 2. The zero-order valence-corrected chi connectivity index (χ0v) is 15.2. The quantitative estimate of drug-likeness (QED) is 0.0839. The van der Waals surface area contributed by atoms with Gasteiger partial charge >= 0.3 is 17.5 Å². The van der Waals surface area contributed by atoms with Crippen LogP contribution in [0.4, 0.5) is 0 Å². The fourth-order valence-electron chi connectivity index (χ4n) is 1.24. The Morgan fingerprint density at radius 3 is 1.00 bits per heavy atom. The van der Waals surface area contributed by atoms with Gasteiger partial charge in [0.2, 0.25) is 0 Å². The molecule has 12 N–H and O–H groups in total. The van der Waals surface area contributed by atoms with Crippen LogP contribution in [0.1, 0.15) is 0 Å². The molecule has 0 aliphatic carbocycles. The van der Waals surface area contributed by atoms with E-state index in [1.807, 2.05) is 0 Å². The van der Waals surface area contributed by atoms with Gasteiger partial charge in [-0.25, -0.2) is 0 Å². The monoisotopic (exact) mass is 450 g/mol. The molecule has 8 unspecified atom stereocenters. The molecule has 16 heteroatoms. The molecule has 0 aliphatic heterocycles. The van der Waals surface area contributed by atoms with E-state index < -0.39 is 62.0 Å². The summed E-state index contributed by atoms with van der Waals surface area (Å²) in [5.74, 6) is 0. The second-order valence-corrected chi connectivity index (χ2v) is 4.80. The maximum absolute atomic E-state index is 9.90. The van der Waals surface area contributed by atoms with Gasteiger partial charge in [0.15, 0.2) is 12.6 Å². The van der Waals surface area contributed by atoms with Crippen molar-refractivity contribution in [1.29, 1.82) is 0 Å². The van der Waals surface area contributed by atoms with Crippen LogP contribution in [-0.4, -0.2) is 137 Å². The number of hydrogen-bond donors (Lipinski definition) is 10. The summed E-state index contributed by atoms with van der Waals surface area (Å²) in [5.41, 5.74) is 0. The molecule has 30 heavy (non-hydrogen) atoms. The Hall–Kier alpha value is -1.98. The third-order valence-electron chi connectivity index (χ3n) is 2.84. The van der Waals surface area contributed by atoms with E-state index in [0.717, 1.165) is 0 Å². The summed E-state index contributed by atoms with van der Waals surface area (Å²) in [4.78, 5) is 36.0. The second kappa shape index (κ2) is 25.1. The van der Waals surface area contributed by atoms with Crippen LogP contribution < -0.4 is 0 Å². The van der Waals surface area contributed by atoms with E-state index >= 15 is 0 Å². The Morgan fingerprint density at radius 2 is 0.867 bits per heavy atom. The molecule has 0 radical (unpaired) electrons. The summed E-state index contributed by atoms with van der Waals surface area (Å²) in [6, 6.07) is 0. The van der Waals surface area contributed by atoms with E-state index in [1.54, 1.807) is 0 Å². The average molecular weight is 450 g/mol. The van der Waals surface area contributed by atoms with Gasteiger partial charge in [-0.2, -0.15) is 9.59 Å². The van der Waals surface area contributed by atoms with E-state index in [4.69, 9.17) is 65.3 Å². The van der Waals surface area contributed by atoms with E-state index in [2.05, 4.69) is 6.65 Å². The number of carbonyl (C=O) groups is 2. The molecule has 16 nitrogen and oxygen atoms in total. The van der Waals surface area contributed by atoms with Gasteiger partial charge in [-0.3, -0.25) is 0 Å². The van der Waals surface area contributed by atoms with E-state index in [-0.39, 0.29) is 24.2 Å². The van der Waals surface area contributed by atoms with Crippen LogP contribution in [0, 0.1) is 6.65 Å². The topological polar surface area (TPSA) is 322 Å². The summed E-state index contributed by atoms with van der Waals surface area (Å²) in [6.45, 7) is 2.98. The Kier molecular flexibility index (Phi) is 32.2. The van der Waals surface area contributed by atoms with Gasteiger partial charge < -0.3 is 66.1 Å². The number of hydrogen-bond acceptors (Lipinski definition) is 14. The first-order chi connectivity index (χ1) is 13.5. The first-order valence-corrected chi connectivity index (χ1v) is 7.26. The van der Waals surface area contributed by atoms with Crippen LogP contribution in [0.15, 0.2) is 0 Å². The van der Waals surface area contributed by atoms with Gasteiger partial charge in [0, 0.05) is 0 Å². The Bertz CT molecular complexity index is 418. The second-order valence-electron chi connectivity index (χ2n) is 4.80. The Morgan fingerprint density at radius 1 is 0.667 bits per heavy atom. The SMILES string of the molecule is O.O=C=O.O=CC(O)C(O)C(O)C(O)CO.O=CC(O)C(O)C(O)C(O)CO.[C-]#[O+]. The predicted molar refractivity (Wildman–Crippen MR) is 86.9 cm³/mol. The summed E-state index contributed by atoms with van der Waals surface area (Å²) in [5, 5.41) is 87.1. The van der Waals surface area contributed by atoms with Crippen molar-refractivity contribution in [3.8, 4) is 0 Å². The normalized spacial score (nSPS) is 17.2. The van der Waals surface area contributed by atoms with Gasteiger partial charge in [0.1, 0.15) is 48.8 Å². The van der Waals surface area contributed by atoms with Gasteiger partial charge in [0.25, 0.3) is 0 Å². The molecular weight excluding hydrogens is 424 g/mol. The Labute approximate surface area is 168 Å². The van der Waals surface area contributed by atoms with Crippen LogP contribution in [0.25, 0.3) is 0 Å². The van der Waals surface area contributed by atoms with Crippen LogP contribution in [0.3, 0.4) is 0 Å². The molecule has 0 saturated heterocycles. The van der Waals surface area contributed by atoms with Crippen LogP contribution >= 0.6 is 0 Å². The molecule has 0 saturated carbocycles. The standard InChI is InChI=1S/2C6H12O6.CO2.CO.H2O/c2*7-1-3(9)5(11)6(12)4(10)2-8;2-1-3;1-2;/h2*1,3-6,8-12H,2H2;;;1H2. The molecule has 0 bridgehead atoms. The van der Waals surface area contributed by atoms with Crippen molar-refractivity contribution in [1.82, 2.24) is 0 Å². The number of aliphatic hydroxyl groups excluding tert-OH is 10. The number of aliphatic hydroxyl groups is 10. The van der Waals surface area contributed by atoms with Crippen molar-refractivity contribution >= 4 is 18.7 Å².